The highest BCUT2D eigenvalue weighted by atomic mass is 16.2. The fraction of sp³-hybridized carbons (Fsp3) is 0.160. The molecule has 0 saturated carbocycles. The minimum Gasteiger partial charge on any atom is -0.358 e. The summed E-state index contributed by atoms with van der Waals surface area (Å²) < 4.78 is 1.60. The number of carbonyl (C=O) groups excluding carboxylic acids is 1. The van der Waals surface area contributed by atoms with Gasteiger partial charge in [-0.3, -0.25) is 9.59 Å². The maximum absolute atomic E-state index is 13.3. The van der Waals surface area contributed by atoms with Gasteiger partial charge in [-0.2, -0.15) is 0 Å². The molecular weight excluding hydrogens is 388 g/mol. The molecule has 1 aromatic heterocycles. The van der Waals surface area contributed by atoms with Crippen LogP contribution in [0.5, 0.6) is 0 Å². The van der Waals surface area contributed by atoms with Gasteiger partial charge in [-0.25, -0.2) is 9.55 Å². The Kier molecular flexibility index (Phi) is 4.75. The Hall–Kier alpha value is -3.93. The Morgan fingerprint density at radius 2 is 1.71 bits per heavy atom. The number of carbonyl (C=O) groups is 1. The average Bonchev–Trinajstić information content (AvgIpc) is 2.83. The lowest BCUT2D eigenvalue weighted by molar-refractivity contribution is 0.0731. The normalized spacial score (nSPS) is 13.1. The predicted octanol–water partition coefficient (Wildman–Crippen LogP) is 3.63. The first-order valence-corrected chi connectivity index (χ1v) is 10.3. The Morgan fingerprint density at radius 1 is 0.968 bits per heavy atom. The Morgan fingerprint density at radius 3 is 2.48 bits per heavy atom. The average molecular weight is 410 g/mol. The van der Waals surface area contributed by atoms with E-state index in [2.05, 4.69) is 5.32 Å². The number of nitrogens with one attached hydrogen (secondary N) is 1. The SMILES string of the molecule is CNc1nc2c(c(=O)n1-c1ccccc1)CCN(C(=O)c1ccc3ccccc3c1)C2. The van der Waals surface area contributed by atoms with Crippen LogP contribution in [0.3, 0.4) is 0 Å². The molecule has 5 rings (SSSR count). The molecule has 0 radical (unpaired) electrons. The molecule has 4 aromatic rings. The summed E-state index contributed by atoms with van der Waals surface area (Å²) in [5, 5.41) is 5.17. The molecule has 1 aliphatic heterocycles. The zero-order chi connectivity index (χ0) is 21.4. The summed E-state index contributed by atoms with van der Waals surface area (Å²) in [6.07, 6.45) is 0.483. The highest BCUT2D eigenvalue weighted by Gasteiger charge is 2.27. The van der Waals surface area contributed by atoms with E-state index in [1.165, 1.54) is 0 Å². The quantitative estimate of drug-likeness (QED) is 0.560. The van der Waals surface area contributed by atoms with Crippen LogP contribution in [0.25, 0.3) is 16.5 Å². The van der Waals surface area contributed by atoms with Crippen molar-refractivity contribution in [3.8, 4) is 5.69 Å². The van der Waals surface area contributed by atoms with Gasteiger partial charge in [-0.05, 0) is 41.5 Å². The van der Waals surface area contributed by atoms with Crippen LogP contribution in [-0.2, 0) is 13.0 Å². The van der Waals surface area contributed by atoms with Crippen molar-refractivity contribution in [3.63, 3.8) is 0 Å². The molecule has 1 amide bonds. The van der Waals surface area contributed by atoms with Crippen LogP contribution < -0.4 is 10.9 Å². The lowest BCUT2D eigenvalue weighted by Gasteiger charge is -2.29. The molecule has 3 aromatic carbocycles. The number of hydrogen-bond acceptors (Lipinski definition) is 4. The number of benzene rings is 3. The molecule has 6 heteroatoms. The van der Waals surface area contributed by atoms with E-state index < -0.39 is 0 Å². The van der Waals surface area contributed by atoms with Gasteiger partial charge in [0.05, 0.1) is 17.9 Å². The summed E-state index contributed by atoms with van der Waals surface area (Å²) in [5.41, 5.74) is 2.65. The maximum atomic E-state index is 13.3. The van der Waals surface area contributed by atoms with Gasteiger partial charge < -0.3 is 10.2 Å². The standard InChI is InChI=1S/C25H22N4O2/c1-26-25-27-22-16-28(23(30)19-12-11-17-7-5-6-8-18(17)15-19)14-13-21(22)24(31)29(25)20-9-3-2-4-10-20/h2-12,15H,13-14,16H2,1H3,(H,26,27). The van der Waals surface area contributed by atoms with E-state index >= 15 is 0 Å². The van der Waals surface area contributed by atoms with Crippen LogP contribution in [0.15, 0.2) is 77.6 Å². The largest absolute Gasteiger partial charge is 0.358 e. The van der Waals surface area contributed by atoms with Gasteiger partial charge in [0, 0.05) is 24.7 Å². The molecule has 0 atom stereocenters. The summed E-state index contributed by atoms with van der Waals surface area (Å²) in [5.74, 6) is 0.423. The minimum absolute atomic E-state index is 0.0450. The smallest absolute Gasteiger partial charge is 0.263 e. The third kappa shape index (κ3) is 3.36. The number of nitrogens with zero attached hydrogens (tertiary/aromatic N) is 3. The number of hydrogen-bond donors (Lipinski definition) is 1. The summed E-state index contributed by atoms with van der Waals surface area (Å²) >= 11 is 0. The molecule has 2 heterocycles. The molecule has 1 N–H and O–H groups in total. The molecule has 1 aliphatic rings. The van der Waals surface area contributed by atoms with Crippen LogP contribution in [0.4, 0.5) is 5.95 Å². The molecular formula is C25H22N4O2. The van der Waals surface area contributed by atoms with Gasteiger partial charge in [0.25, 0.3) is 11.5 Å². The van der Waals surface area contributed by atoms with E-state index in [0.29, 0.717) is 42.3 Å². The first-order valence-electron chi connectivity index (χ1n) is 10.3. The number of aromatic nitrogens is 2. The molecule has 0 unspecified atom stereocenters. The molecule has 0 spiro atoms. The van der Waals surface area contributed by atoms with E-state index in [0.717, 1.165) is 16.5 Å². The van der Waals surface area contributed by atoms with Crippen molar-refractivity contribution in [3.05, 3.63) is 100.0 Å². The fourth-order valence-electron chi connectivity index (χ4n) is 4.15. The van der Waals surface area contributed by atoms with E-state index in [9.17, 15) is 9.59 Å². The van der Waals surface area contributed by atoms with Crippen molar-refractivity contribution in [2.75, 3.05) is 18.9 Å². The molecule has 0 saturated heterocycles. The predicted molar refractivity (Wildman–Crippen MR) is 122 cm³/mol. The van der Waals surface area contributed by atoms with Crippen molar-refractivity contribution in [2.45, 2.75) is 13.0 Å². The lowest BCUT2D eigenvalue weighted by atomic mass is 10.0. The zero-order valence-corrected chi connectivity index (χ0v) is 17.2. The zero-order valence-electron chi connectivity index (χ0n) is 17.2. The van der Waals surface area contributed by atoms with Crippen LogP contribution in [0.2, 0.25) is 0 Å². The van der Waals surface area contributed by atoms with Crippen LogP contribution in [-0.4, -0.2) is 34.0 Å². The summed E-state index contributed by atoms with van der Waals surface area (Å²) in [7, 11) is 1.74. The molecule has 31 heavy (non-hydrogen) atoms. The van der Waals surface area contributed by atoms with E-state index in [-0.39, 0.29) is 11.5 Å². The second-order valence-electron chi connectivity index (χ2n) is 7.63. The van der Waals surface area contributed by atoms with Crippen molar-refractivity contribution in [1.82, 2.24) is 14.5 Å². The number of amides is 1. The number of para-hydroxylation sites is 1. The van der Waals surface area contributed by atoms with Crippen LogP contribution in [0.1, 0.15) is 21.6 Å². The third-order valence-electron chi connectivity index (χ3n) is 5.76. The van der Waals surface area contributed by atoms with Gasteiger partial charge in [0.1, 0.15) is 0 Å². The van der Waals surface area contributed by atoms with Crippen LogP contribution >= 0.6 is 0 Å². The highest BCUT2D eigenvalue weighted by Crippen LogP contribution is 2.22. The lowest BCUT2D eigenvalue weighted by Crippen LogP contribution is -2.40. The second kappa shape index (κ2) is 7.72. The number of fused-ring (bicyclic) bond motifs is 2. The summed E-state index contributed by atoms with van der Waals surface area (Å²) in [6, 6.07) is 23.2. The molecule has 0 bridgehead atoms. The summed E-state index contributed by atoms with van der Waals surface area (Å²) in [4.78, 5) is 32.9. The van der Waals surface area contributed by atoms with Crippen molar-refractivity contribution in [1.29, 1.82) is 0 Å². The van der Waals surface area contributed by atoms with Crippen molar-refractivity contribution in [2.24, 2.45) is 0 Å². The number of rotatable bonds is 3. The Bertz CT molecular complexity index is 1340. The molecule has 0 fully saturated rings. The van der Waals surface area contributed by atoms with E-state index in [1.54, 1.807) is 16.5 Å². The van der Waals surface area contributed by atoms with E-state index in [4.69, 9.17) is 4.98 Å². The molecule has 0 aliphatic carbocycles. The van der Waals surface area contributed by atoms with Crippen molar-refractivity contribution < 1.29 is 4.79 Å². The summed E-state index contributed by atoms with van der Waals surface area (Å²) in [6.45, 7) is 0.809. The maximum Gasteiger partial charge on any atom is 0.263 e. The number of anilines is 1. The topological polar surface area (TPSA) is 67.2 Å². The van der Waals surface area contributed by atoms with E-state index in [1.807, 2.05) is 72.8 Å². The van der Waals surface area contributed by atoms with Gasteiger partial charge in [0.2, 0.25) is 5.95 Å². The molecule has 154 valence electrons. The second-order valence-corrected chi connectivity index (χ2v) is 7.63. The fourth-order valence-corrected chi connectivity index (χ4v) is 4.15. The van der Waals surface area contributed by atoms with Gasteiger partial charge in [-0.15, -0.1) is 0 Å². The Labute approximate surface area is 179 Å². The van der Waals surface area contributed by atoms with Gasteiger partial charge in [-0.1, -0.05) is 48.5 Å². The monoisotopic (exact) mass is 410 g/mol. The first-order chi connectivity index (χ1) is 15.2. The first kappa shape index (κ1) is 19.1. The van der Waals surface area contributed by atoms with Crippen LogP contribution in [0, 0.1) is 0 Å². The van der Waals surface area contributed by atoms with Crippen molar-refractivity contribution >= 4 is 22.6 Å². The highest BCUT2D eigenvalue weighted by molar-refractivity contribution is 5.98. The Balaban J connectivity index is 1.49. The van der Waals surface area contributed by atoms with Gasteiger partial charge in [0.15, 0.2) is 0 Å². The van der Waals surface area contributed by atoms with Gasteiger partial charge >= 0.3 is 0 Å². The molecule has 6 nitrogen and oxygen atoms in total. The third-order valence-corrected chi connectivity index (χ3v) is 5.76. The minimum atomic E-state index is -0.0849.